The highest BCUT2D eigenvalue weighted by Gasteiger charge is 2.04. The number of amides is 1. The number of phenolic OH excluding ortho intramolecular Hbond substituents is 1. The molecule has 0 aliphatic rings. The number of hydrogen-bond donors (Lipinski definition) is 2. The zero-order valence-corrected chi connectivity index (χ0v) is 12.3. The molecule has 104 valence electrons. The first-order valence-electron chi connectivity index (χ1n) is 5.84. The van der Waals surface area contributed by atoms with Crippen molar-refractivity contribution in [3.8, 4) is 5.75 Å². The number of nitrogens with zero attached hydrogens (tertiary/aromatic N) is 3. The van der Waals surface area contributed by atoms with E-state index in [0.29, 0.717) is 5.56 Å². The fourth-order valence-electron chi connectivity index (χ4n) is 1.56. The first-order valence-corrected chi connectivity index (χ1v) is 6.63. The van der Waals surface area contributed by atoms with E-state index in [0.717, 1.165) is 10.3 Å². The smallest absolute Gasteiger partial charge is 0.260 e. The summed E-state index contributed by atoms with van der Waals surface area (Å²) in [5.74, 6) is 0.585. The van der Waals surface area contributed by atoms with Gasteiger partial charge in [0.25, 0.3) is 5.91 Å². The molecule has 20 heavy (non-hydrogen) atoms. The highest BCUT2D eigenvalue weighted by atomic mass is 79.9. The van der Waals surface area contributed by atoms with Crippen LogP contribution in [-0.2, 0) is 11.3 Å². The summed E-state index contributed by atoms with van der Waals surface area (Å²) in [5, 5.41) is 13.4. The van der Waals surface area contributed by atoms with E-state index in [1.807, 2.05) is 6.92 Å². The van der Waals surface area contributed by atoms with Crippen molar-refractivity contribution in [2.75, 3.05) is 0 Å². The van der Waals surface area contributed by atoms with Crippen molar-refractivity contribution in [2.24, 2.45) is 5.10 Å². The minimum atomic E-state index is -0.267. The highest BCUT2D eigenvalue weighted by Crippen LogP contribution is 2.19. The average Bonchev–Trinajstić information content (AvgIpc) is 2.79. The second kappa shape index (κ2) is 6.33. The fraction of sp³-hybridized carbons (Fsp3) is 0.154. The molecule has 2 N–H and O–H groups in total. The van der Waals surface area contributed by atoms with Gasteiger partial charge in [0.05, 0.1) is 6.21 Å². The topological polar surface area (TPSA) is 79.5 Å². The van der Waals surface area contributed by atoms with Gasteiger partial charge in [-0.15, -0.1) is 0 Å². The van der Waals surface area contributed by atoms with Gasteiger partial charge in [0.2, 0.25) is 0 Å². The molecule has 0 spiro atoms. The third-order valence-electron chi connectivity index (χ3n) is 2.62. The molecule has 0 bridgehead atoms. The Bertz CT molecular complexity index is 652. The molecule has 0 unspecified atom stereocenters. The zero-order chi connectivity index (χ0) is 14.5. The average molecular weight is 337 g/mol. The second-order valence-electron chi connectivity index (χ2n) is 4.10. The molecule has 2 aromatic rings. The van der Waals surface area contributed by atoms with Crippen LogP contribution in [0.1, 0.15) is 11.4 Å². The summed E-state index contributed by atoms with van der Waals surface area (Å²) >= 11 is 3.29. The summed E-state index contributed by atoms with van der Waals surface area (Å²) in [6.07, 6.45) is 4.74. The summed E-state index contributed by atoms with van der Waals surface area (Å²) in [4.78, 5) is 15.7. The van der Waals surface area contributed by atoms with Crippen molar-refractivity contribution in [2.45, 2.75) is 13.5 Å². The number of aryl methyl sites for hydroxylation is 1. The fourth-order valence-corrected chi connectivity index (χ4v) is 1.94. The molecule has 0 atom stereocenters. The predicted octanol–water partition coefficient (Wildman–Crippen LogP) is 1.81. The van der Waals surface area contributed by atoms with Gasteiger partial charge in [-0.1, -0.05) is 15.9 Å². The van der Waals surface area contributed by atoms with E-state index in [1.54, 1.807) is 35.2 Å². The Kier molecular flexibility index (Phi) is 4.52. The normalized spacial score (nSPS) is 10.9. The Morgan fingerprint density at radius 2 is 2.40 bits per heavy atom. The molecular weight excluding hydrogens is 324 g/mol. The zero-order valence-electron chi connectivity index (χ0n) is 10.7. The Morgan fingerprint density at radius 3 is 3.10 bits per heavy atom. The lowest BCUT2D eigenvalue weighted by molar-refractivity contribution is -0.121. The number of rotatable bonds is 4. The first kappa shape index (κ1) is 14.3. The van der Waals surface area contributed by atoms with Gasteiger partial charge < -0.3 is 9.67 Å². The van der Waals surface area contributed by atoms with Gasteiger partial charge in [0, 0.05) is 22.4 Å². The van der Waals surface area contributed by atoms with Crippen LogP contribution < -0.4 is 5.43 Å². The third-order valence-corrected chi connectivity index (χ3v) is 3.11. The van der Waals surface area contributed by atoms with Crippen LogP contribution in [0.3, 0.4) is 0 Å². The van der Waals surface area contributed by atoms with Gasteiger partial charge >= 0.3 is 0 Å². The second-order valence-corrected chi connectivity index (χ2v) is 5.01. The molecule has 0 radical (unpaired) electrons. The van der Waals surface area contributed by atoms with Crippen molar-refractivity contribution < 1.29 is 9.90 Å². The molecule has 6 nitrogen and oxygen atoms in total. The molecule has 1 aromatic carbocycles. The maximum Gasteiger partial charge on any atom is 0.260 e. The maximum atomic E-state index is 11.7. The maximum absolute atomic E-state index is 11.7. The van der Waals surface area contributed by atoms with Crippen LogP contribution in [0.2, 0.25) is 0 Å². The molecule has 1 heterocycles. The van der Waals surface area contributed by atoms with Crippen molar-refractivity contribution in [3.63, 3.8) is 0 Å². The third kappa shape index (κ3) is 3.67. The van der Waals surface area contributed by atoms with Gasteiger partial charge in [-0.3, -0.25) is 4.79 Å². The summed E-state index contributed by atoms with van der Waals surface area (Å²) < 4.78 is 2.53. The molecule has 1 aromatic heterocycles. The van der Waals surface area contributed by atoms with Crippen LogP contribution in [0.15, 0.2) is 40.2 Å². The quantitative estimate of drug-likeness (QED) is 0.660. The number of imidazole rings is 1. The van der Waals surface area contributed by atoms with E-state index in [4.69, 9.17) is 0 Å². The van der Waals surface area contributed by atoms with Crippen molar-refractivity contribution >= 4 is 28.1 Å². The molecule has 2 rings (SSSR count). The number of phenols is 1. The molecule has 0 fully saturated rings. The van der Waals surface area contributed by atoms with Crippen LogP contribution in [0.5, 0.6) is 5.75 Å². The Balaban J connectivity index is 1.94. The highest BCUT2D eigenvalue weighted by molar-refractivity contribution is 9.10. The lowest BCUT2D eigenvalue weighted by Crippen LogP contribution is -2.23. The molecule has 0 saturated heterocycles. The van der Waals surface area contributed by atoms with Crippen LogP contribution in [0, 0.1) is 6.92 Å². The molecule has 0 aliphatic carbocycles. The number of nitrogens with one attached hydrogen (secondary N) is 1. The van der Waals surface area contributed by atoms with Gasteiger partial charge in [-0.05, 0) is 25.1 Å². The monoisotopic (exact) mass is 336 g/mol. The number of carbonyl (C=O) groups is 1. The molecule has 1 amide bonds. The lowest BCUT2D eigenvalue weighted by atomic mass is 10.2. The Hall–Kier alpha value is -2.15. The molecule has 0 aliphatic heterocycles. The summed E-state index contributed by atoms with van der Waals surface area (Å²) in [7, 11) is 0. The molecule has 7 heteroatoms. The van der Waals surface area contributed by atoms with E-state index >= 15 is 0 Å². The molecular formula is C13H13BrN4O2. The Labute approximate surface area is 124 Å². The van der Waals surface area contributed by atoms with Crippen molar-refractivity contribution in [1.82, 2.24) is 15.0 Å². The number of aromatic hydroxyl groups is 1. The van der Waals surface area contributed by atoms with Gasteiger partial charge in [-0.2, -0.15) is 5.10 Å². The SMILES string of the molecule is Cc1nccn1CC(=O)N/N=C/c1cc(Br)ccc1O. The summed E-state index contributed by atoms with van der Waals surface area (Å²) in [6.45, 7) is 1.96. The minimum absolute atomic E-state index is 0.0941. The summed E-state index contributed by atoms with van der Waals surface area (Å²) in [5.41, 5.74) is 2.91. The minimum Gasteiger partial charge on any atom is -0.507 e. The number of halogens is 1. The van der Waals surface area contributed by atoms with Crippen molar-refractivity contribution in [3.05, 3.63) is 46.5 Å². The number of benzene rings is 1. The van der Waals surface area contributed by atoms with E-state index in [-0.39, 0.29) is 18.2 Å². The van der Waals surface area contributed by atoms with Crippen molar-refractivity contribution in [1.29, 1.82) is 0 Å². The number of hydrogen-bond acceptors (Lipinski definition) is 4. The van der Waals surface area contributed by atoms with E-state index in [2.05, 4.69) is 31.4 Å². The number of carbonyl (C=O) groups excluding carboxylic acids is 1. The van der Waals surface area contributed by atoms with Gasteiger partial charge in [-0.25, -0.2) is 10.4 Å². The molecule has 0 saturated carbocycles. The van der Waals surface area contributed by atoms with Gasteiger partial charge in [0.15, 0.2) is 0 Å². The standard InChI is InChI=1S/C13H13BrN4O2/c1-9-15-4-5-18(9)8-13(20)17-16-7-10-6-11(14)2-3-12(10)19/h2-7,19H,8H2,1H3,(H,17,20)/b16-7+. The number of hydrazone groups is 1. The van der Waals surface area contributed by atoms with Crippen LogP contribution in [0.25, 0.3) is 0 Å². The van der Waals surface area contributed by atoms with E-state index in [9.17, 15) is 9.90 Å². The summed E-state index contributed by atoms with van der Waals surface area (Å²) in [6, 6.07) is 4.96. The van der Waals surface area contributed by atoms with Gasteiger partial charge in [0.1, 0.15) is 18.1 Å². The first-order chi connectivity index (χ1) is 9.56. The Morgan fingerprint density at radius 1 is 1.60 bits per heavy atom. The van der Waals surface area contributed by atoms with Crippen LogP contribution in [-0.4, -0.2) is 26.8 Å². The van der Waals surface area contributed by atoms with Crippen LogP contribution in [0.4, 0.5) is 0 Å². The predicted molar refractivity (Wildman–Crippen MR) is 78.5 cm³/mol. The largest absolute Gasteiger partial charge is 0.507 e. The van der Waals surface area contributed by atoms with Crippen LogP contribution >= 0.6 is 15.9 Å². The number of aromatic nitrogens is 2. The lowest BCUT2D eigenvalue weighted by Gasteiger charge is -2.03. The van der Waals surface area contributed by atoms with E-state index in [1.165, 1.54) is 6.21 Å². The van der Waals surface area contributed by atoms with E-state index < -0.39 is 0 Å².